The maximum Gasteiger partial charge on any atom is 0.387 e. The molecule has 0 amide bonds. The zero-order chi connectivity index (χ0) is 22.1. The van der Waals surface area contributed by atoms with E-state index in [2.05, 4.69) is 37.4 Å². The maximum atomic E-state index is 12.4. The highest BCUT2D eigenvalue weighted by Crippen LogP contribution is 2.26. The topological polar surface area (TPSA) is 58.1 Å². The number of alkyl halides is 2. The van der Waals surface area contributed by atoms with Crippen LogP contribution in [0.3, 0.4) is 0 Å². The van der Waals surface area contributed by atoms with Gasteiger partial charge in [-0.05, 0) is 61.3 Å². The van der Waals surface area contributed by atoms with Crippen molar-refractivity contribution in [1.82, 2.24) is 15.5 Å². The molecule has 0 aliphatic carbocycles. The van der Waals surface area contributed by atoms with Crippen molar-refractivity contribution in [2.75, 3.05) is 33.8 Å². The largest absolute Gasteiger partial charge is 0.497 e. The number of nitrogens with one attached hydrogen (secondary N) is 2. The van der Waals surface area contributed by atoms with Crippen LogP contribution in [0.4, 0.5) is 8.78 Å². The molecule has 0 bridgehead atoms. The van der Waals surface area contributed by atoms with Crippen molar-refractivity contribution in [3.8, 4) is 11.5 Å². The monoisotopic (exact) mass is 560 g/mol. The summed E-state index contributed by atoms with van der Waals surface area (Å²) in [4.78, 5) is 6.78. The van der Waals surface area contributed by atoms with E-state index in [-0.39, 0.29) is 35.8 Å². The van der Waals surface area contributed by atoms with Crippen molar-refractivity contribution in [2.45, 2.75) is 32.0 Å². The molecule has 0 aromatic heterocycles. The highest BCUT2D eigenvalue weighted by molar-refractivity contribution is 14.0. The number of hydrogen-bond acceptors (Lipinski definition) is 4. The molecule has 9 heteroatoms. The van der Waals surface area contributed by atoms with E-state index in [1.54, 1.807) is 26.3 Å². The number of methoxy groups -OCH3 is 1. The molecule has 0 spiro atoms. The molecule has 1 heterocycles. The minimum atomic E-state index is -2.84. The second kappa shape index (κ2) is 13.4. The summed E-state index contributed by atoms with van der Waals surface area (Å²) in [7, 11) is 3.38. The van der Waals surface area contributed by atoms with E-state index >= 15 is 0 Å². The molecule has 2 aromatic rings. The predicted molar refractivity (Wildman–Crippen MR) is 133 cm³/mol. The molecule has 176 valence electrons. The Kier molecular flexibility index (Phi) is 10.9. The van der Waals surface area contributed by atoms with Crippen molar-refractivity contribution >= 4 is 29.9 Å². The van der Waals surface area contributed by atoms with E-state index in [4.69, 9.17) is 4.74 Å². The van der Waals surface area contributed by atoms with Crippen LogP contribution in [0.25, 0.3) is 0 Å². The van der Waals surface area contributed by atoms with Crippen LogP contribution in [0.1, 0.15) is 30.0 Å². The fourth-order valence-corrected chi connectivity index (χ4v) is 3.77. The normalized spacial score (nSPS) is 15.2. The molecule has 0 radical (unpaired) electrons. The van der Waals surface area contributed by atoms with Crippen LogP contribution in [0.5, 0.6) is 11.5 Å². The number of likely N-dealkylation sites (tertiary alicyclic amines) is 1. The molecular weight excluding hydrogens is 529 g/mol. The summed E-state index contributed by atoms with van der Waals surface area (Å²) in [5, 5.41) is 6.64. The second-order valence-corrected chi connectivity index (χ2v) is 7.36. The van der Waals surface area contributed by atoms with E-state index in [9.17, 15) is 8.78 Å². The minimum absolute atomic E-state index is 0. The van der Waals surface area contributed by atoms with Gasteiger partial charge >= 0.3 is 6.61 Å². The van der Waals surface area contributed by atoms with Crippen LogP contribution in [0.15, 0.2) is 53.5 Å². The summed E-state index contributed by atoms with van der Waals surface area (Å²) in [6.07, 6.45) is 2.41. The van der Waals surface area contributed by atoms with Crippen molar-refractivity contribution in [3.63, 3.8) is 0 Å². The van der Waals surface area contributed by atoms with Crippen LogP contribution >= 0.6 is 24.0 Å². The van der Waals surface area contributed by atoms with Crippen LogP contribution in [0.2, 0.25) is 0 Å². The highest BCUT2D eigenvalue weighted by Gasteiger charge is 2.23. The van der Waals surface area contributed by atoms with Crippen LogP contribution in [-0.2, 0) is 6.54 Å². The Balaban J connectivity index is 0.00000363. The molecule has 2 N–H and O–H groups in total. The number of nitrogens with zero attached hydrogens (tertiary/aromatic N) is 2. The van der Waals surface area contributed by atoms with E-state index in [1.165, 1.54) is 24.5 Å². The van der Waals surface area contributed by atoms with E-state index < -0.39 is 6.61 Å². The summed E-state index contributed by atoms with van der Waals surface area (Å²) in [6.45, 7) is 0.443. The van der Waals surface area contributed by atoms with Crippen molar-refractivity contribution in [2.24, 2.45) is 4.99 Å². The Bertz CT molecular complexity index is 846. The van der Waals surface area contributed by atoms with Gasteiger partial charge in [-0.2, -0.15) is 8.78 Å². The number of guanidine groups is 1. The van der Waals surface area contributed by atoms with Crippen LogP contribution in [0, 0.1) is 0 Å². The highest BCUT2D eigenvalue weighted by atomic mass is 127. The standard InChI is InChI=1S/C23H30F2N4O2.HI/c1-26-23(27-15-17-6-5-7-20(14-17)31-22(24)25)28-16-21(29-12-3-4-13-29)18-8-10-19(30-2)11-9-18;/h5-11,14,21-22H,3-4,12-13,15-16H2,1-2H3,(H2,26,27,28);1H. The van der Waals surface area contributed by atoms with Gasteiger partial charge in [-0.15, -0.1) is 24.0 Å². The lowest BCUT2D eigenvalue weighted by Crippen LogP contribution is -2.42. The SMILES string of the molecule is CN=C(NCc1cccc(OC(F)F)c1)NCC(c1ccc(OC)cc1)N1CCCC1.I. The van der Waals surface area contributed by atoms with Crippen LogP contribution < -0.4 is 20.1 Å². The molecule has 1 atom stereocenters. The first-order valence-corrected chi connectivity index (χ1v) is 10.5. The number of aliphatic imine (C=N–C) groups is 1. The molecular formula is C23H31F2IN4O2. The third-order valence-electron chi connectivity index (χ3n) is 5.35. The maximum absolute atomic E-state index is 12.4. The first-order valence-electron chi connectivity index (χ1n) is 10.5. The average molecular weight is 560 g/mol. The molecule has 0 saturated carbocycles. The fraction of sp³-hybridized carbons (Fsp3) is 0.435. The Labute approximate surface area is 205 Å². The second-order valence-electron chi connectivity index (χ2n) is 7.36. The van der Waals surface area contributed by atoms with Crippen LogP contribution in [-0.4, -0.2) is 51.3 Å². The minimum Gasteiger partial charge on any atom is -0.497 e. The number of rotatable bonds is 9. The first-order chi connectivity index (χ1) is 15.1. The van der Waals surface area contributed by atoms with E-state index in [0.717, 1.165) is 24.4 Å². The first kappa shape index (κ1) is 26.1. The molecule has 6 nitrogen and oxygen atoms in total. The number of halogens is 3. The third-order valence-corrected chi connectivity index (χ3v) is 5.35. The molecule has 1 unspecified atom stereocenters. The van der Waals surface area contributed by atoms with Gasteiger partial charge in [0, 0.05) is 20.1 Å². The van der Waals surface area contributed by atoms with Crippen molar-refractivity contribution < 1.29 is 18.3 Å². The molecule has 1 aliphatic heterocycles. The van der Waals surface area contributed by atoms with Gasteiger partial charge in [-0.1, -0.05) is 24.3 Å². The van der Waals surface area contributed by atoms with Gasteiger partial charge < -0.3 is 20.1 Å². The predicted octanol–water partition coefficient (Wildman–Crippen LogP) is 4.42. The quantitative estimate of drug-likeness (QED) is 0.270. The van der Waals surface area contributed by atoms with Gasteiger partial charge in [0.05, 0.1) is 13.2 Å². The molecule has 32 heavy (non-hydrogen) atoms. The van der Waals surface area contributed by atoms with Gasteiger partial charge in [0.15, 0.2) is 5.96 Å². The number of hydrogen-bond donors (Lipinski definition) is 2. The van der Waals surface area contributed by atoms with Gasteiger partial charge in [-0.3, -0.25) is 9.89 Å². The van der Waals surface area contributed by atoms with Gasteiger partial charge in [-0.25, -0.2) is 0 Å². The summed E-state index contributed by atoms with van der Waals surface area (Å²) in [6, 6.07) is 15.0. The smallest absolute Gasteiger partial charge is 0.387 e. The molecule has 1 saturated heterocycles. The van der Waals surface area contributed by atoms with Gasteiger partial charge in [0.1, 0.15) is 11.5 Å². The summed E-state index contributed by atoms with van der Waals surface area (Å²) >= 11 is 0. The molecule has 1 fully saturated rings. The lowest BCUT2D eigenvalue weighted by Gasteiger charge is -2.29. The lowest BCUT2D eigenvalue weighted by molar-refractivity contribution is -0.0498. The summed E-state index contributed by atoms with van der Waals surface area (Å²) in [5.41, 5.74) is 2.05. The molecule has 2 aromatic carbocycles. The number of benzene rings is 2. The third kappa shape index (κ3) is 7.77. The fourth-order valence-electron chi connectivity index (χ4n) is 3.77. The molecule has 1 aliphatic rings. The summed E-state index contributed by atoms with van der Waals surface area (Å²) in [5.74, 6) is 1.64. The summed E-state index contributed by atoms with van der Waals surface area (Å²) < 4.78 is 34.6. The Morgan fingerprint density at radius 1 is 1.06 bits per heavy atom. The lowest BCUT2D eigenvalue weighted by atomic mass is 10.1. The van der Waals surface area contributed by atoms with Gasteiger partial charge in [0.2, 0.25) is 0 Å². The van der Waals surface area contributed by atoms with Gasteiger partial charge in [0.25, 0.3) is 0 Å². The Morgan fingerprint density at radius 2 is 1.78 bits per heavy atom. The molecule has 3 rings (SSSR count). The zero-order valence-corrected chi connectivity index (χ0v) is 20.7. The van der Waals surface area contributed by atoms with E-state index in [1.807, 2.05) is 18.2 Å². The zero-order valence-electron chi connectivity index (χ0n) is 18.4. The Hall–Kier alpha value is -2.14. The van der Waals surface area contributed by atoms with Crippen molar-refractivity contribution in [1.29, 1.82) is 0 Å². The van der Waals surface area contributed by atoms with E-state index in [0.29, 0.717) is 19.0 Å². The number of ether oxygens (including phenoxy) is 2. The van der Waals surface area contributed by atoms with Crippen molar-refractivity contribution in [3.05, 3.63) is 59.7 Å². The Morgan fingerprint density at radius 3 is 2.41 bits per heavy atom. The average Bonchev–Trinajstić information content (AvgIpc) is 3.31.